The lowest BCUT2D eigenvalue weighted by atomic mass is 9.81. The number of nitrogens with zero attached hydrogens (tertiary/aromatic N) is 5. The van der Waals surface area contributed by atoms with Crippen molar-refractivity contribution in [3.63, 3.8) is 0 Å². The van der Waals surface area contributed by atoms with Gasteiger partial charge < -0.3 is 14.5 Å². The summed E-state index contributed by atoms with van der Waals surface area (Å²) < 4.78 is 14.9. The maximum Gasteiger partial charge on any atom is 0.295 e. The molecular formula is C27H29ClN6O4. The number of aromatic nitrogens is 5. The molecule has 1 aliphatic rings. The first-order valence-electron chi connectivity index (χ1n) is 12.6. The molecule has 0 unspecified atom stereocenters. The van der Waals surface area contributed by atoms with E-state index in [0.29, 0.717) is 46.8 Å². The van der Waals surface area contributed by atoms with Gasteiger partial charge in [0.15, 0.2) is 0 Å². The number of amides is 1. The number of halogens is 1. The number of para-hydroxylation sites is 1. The molecule has 1 fully saturated rings. The molecule has 0 saturated heterocycles. The quantitative estimate of drug-likeness (QED) is 0.357. The molecule has 1 amide bonds. The highest BCUT2D eigenvalue weighted by molar-refractivity contribution is 6.30. The molecule has 1 aromatic carbocycles. The molecule has 1 aliphatic carbocycles. The van der Waals surface area contributed by atoms with Gasteiger partial charge in [-0.1, -0.05) is 36.2 Å². The maximum absolute atomic E-state index is 13.3. The normalized spacial score (nSPS) is 17.4. The zero-order valence-corrected chi connectivity index (χ0v) is 22.2. The van der Waals surface area contributed by atoms with Crippen molar-refractivity contribution < 1.29 is 13.9 Å². The first-order chi connectivity index (χ1) is 18.4. The molecule has 5 rings (SSSR count). The van der Waals surface area contributed by atoms with Crippen LogP contribution in [0.2, 0.25) is 5.02 Å². The number of nitrogens with one attached hydrogen (secondary N) is 1. The van der Waals surface area contributed by atoms with Crippen LogP contribution in [0, 0.1) is 12.8 Å². The summed E-state index contributed by atoms with van der Waals surface area (Å²) >= 11 is 6.13. The lowest BCUT2D eigenvalue weighted by molar-refractivity contribution is -0.121. The van der Waals surface area contributed by atoms with Crippen molar-refractivity contribution in [1.29, 1.82) is 0 Å². The van der Waals surface area contributed by atoms with Crippen LogP contribution in [-0.2, 0) is 11.8 Å². The van der Waals surface area contributed by atoms with Gasteiger partial charge in [-0.05, 0) is 51.3 Å². The van der Waals surface area contributed by atoms with Gasteiger partial charge in [0.05, 0.1) is 23.0 Å². The second-order valence-electron chi connectivity index (χ2n) is 9.37. The summed E-state index contributed by atoms with van der Waals surface area (Å²) in [6, 6.07) is 11.0. The highest BCUT2D eigenvalue weighted by atomic mass is 35.5. The lowest BCUT2D eigenvalue weighted by Gasteiger charge is -2.26. The Morgan fingerprint density at radius 3 is 2.79 bits per heavy atom. The Morgan fingerprint density at radius 2 is 2.03 bits per heavy atom. The Morgan fingerprint density at radius 1 is 1.24 bits per heavy atom. The zero-order valence-electron chi connectivity index (χ0n) is 21.5. The SMILES string of the molecule is CCOc1ncc(Cl)cc1-c1nnc([C@H]2CCC[C@@H](C(=O)Nc3c(C)n(C)n(-c4ccccc4)c3=O)C2)o1. The molecular weight excluding hydrogens is 508 g/mol. The zero-order chi connectivity index (χ0) is 26.8. The molecule has 10 nitrogen and oxygen atoms in total. The van der Waals surface area contributed by atoms with Gasteiger partial charge in [0.2, 0.25) is 17.7 Å². The summed E-state index contributed by atoms with van der Waals surface area (Å²) in [5.74, 6) is 0.542. The van der Waals surface area contributed by atoms with Crippen LogP contribution >= 0.6 is 11.6 Å². The Hall–Kier alpha value is -3.92. The van der Waals surface area contributed by atoms with E-state index in [0.717, 1.165) is 24.9 Å². The summed E-state index contributed by atoms with van der Waals surface area (Å²) in [5, 5.41) is 11.8. The highest BCUT2D eigenvalue weighted by Crippen LogP contribution is 2.38. The minimum Gasteiger partial charge on any atom is -0.477 e. The second-order valence-corrected chi connectivity index (χ2v) is 9.81. The van der Waals surface area contributed by atoms with Crippen molar-refractivity contribution in [2.75, 3.05) is 11.9 Å². The van der Waals surface area contributed by atoms with E-state index in [1.807, 2.05) is 44.2 Å². The van der Waals surface area contributed by atoms with Gasteiger partial charge in [-0.3, -0.25) is 14.3 Å². The standard InChI is InChI=1S/C27H29ClN6O4/c1-4-37-25-21(14-19(28)15-29-25)26-32-31-24(38-26)18-10-8-9-17(13-18)23(35)30-22-16(2)33(3)34(27(22)36)20-11-6-5-7-12-20/h5-7,11-12,14-15,17-18H,4,8-10,13H2,1-3H3,(H,30,35)/t17-,18+/m1/s1. The first kappa shape index (κ1) is 25.7. The van der Waals surface area contributed by atoms with Gasteiger partial charge in [-0.15, -0.1) is 10.2 Å². The fourth-order valence-electron chi connectivity index (χ4n) is 4.93. The highest BCUT2D eigenvalue weighted by Gasteiger charge is 2.32. The summed E-state index contributed by atoms with van der Waals surface area (Å²) in [5.41, 5.74) is 1.97. The third kappa shape index (κ3) is 4.96. The van der Waals surface area contributed by atoms with Crippen LogP contribution in [0.4, 0.5) is 5.69 Å². The monoisotopic (exact) mass is 536 g/mol. The third-order valence-corrected chi connectivity index (χ3v) is 7.17. The minimum absolute atomic E-state index is 0.0821. The van der Waals surface area contributed by atoms with Crippen molar-refractivity contribution >= 4 is 23.2 Å². The molecule has 0 bridgehead atoms. The number of anilines is 1. The average molecular weight is 537 g/mol. The first-order valence-corrected chi connectivity index (χ1v) is 13.0. The number of carbonyl (C=O) groups excluding carboxylic acids is 1. The fraction of sp³-hybridized carbons (Fsp3) is 0.370. The van der Waals surface area contributed by atoms with Crippen molar-refractivity contribution in [2.24, 2.45) is 13.0 Å². The van der Waals surface area contributed by atoms with Gasteiger partial charge >= 0.3 is 0 Å². The number of hydrogen-bond donors (Lipinski definition) is 1. The van der Waals surface area contributed by atoms with E-state index in [1.54, 1.807) is 22.5 Å². The summed E-state index contributed by atoms with van der Waals surface area (Å²) in [4.78, 5) is 30.8. The number of hydrogen-bond acceptors (Lipinski definition) is 7. The van der Waals surface area contributed by atoms with Crippen LogP contribution in [0.15, 0.2) is 51.8 Å². The molecule has 3 aromatic heterocycles. The van der Waals surface area contributed by atoms with Crippen LogP contribution < -0.4 is 15.6 Å². The topological polar surface area (TPSA) is 117 Å². The molecule has 11 heteroatoms. The Labute approximate surface area is 224 Å². The van der Waals surface area contributed by atoms with E-state index in [-0.39, 0.29) is 29.2 Å². The molecule has 4 aromatic rings. The Kier molecular flexibility index (Phi) is 7.33. The molecule has 0 aliphatic heterocycles. The van der Waals surface area contributed by atoms with Crippen LogP contribution in [0.5, 0.6) is 5.88 Å². The van der Waals surface area contributed by atoms with Crippen LogP contribution in [0.3, 0.4) is 0 Å². The predicted molar refractivity (Wildman–Crippen MR) is 143 cm³/mol. The number of carbonyl (C=O) groups is 1. The van der Waals surface area contributed by atoms with E-state index >= 15 is 0 Å². The smallest absolute Gasteiger partial charge is 0.295 e. The van der Waals surface area contributed by atoms with Gasteiger partial charge in [0, 0.05) is 25.1 Å². The number of benzene rings is 1. The van der Waals surface area contributed by atoms with E-state index in [4.69, 9.17) is 20.8 Å². The van der Waals surface area contributed by atoms with Crippen molar-refractivity contribution in [1.82, 2.24) is 24.5 Å². The fourth-order valence-corrected chi connectivity index (χ4v) is 5.09. The molecule has 1 N–H and O–H groups in total. The molecule has 3 heterocycles. The van der Waals surface area contributed by atoms with E-state index in [9.17, 15) is 9.59 Å². The number of rotatable bonds is 7. The Bertz CT molecular complexity index is 1510. The summed E-state index contributed by atoms with van der Waals surface area (Å²) in [6.07, 6.45) is 4.40. The van der Waals surface area contributed by atoms with Crippen molar-refractivity contribution in [3.05, 3.63) is 69.6 Å². The summed E-state index contributed by atoms with van der Waals surface area (Å²) in [7, 11) is 1.80. The molecule has 2 atom stereocenters. The van der Waals surface area contributed by atoms with Crippen molar-refractivity contribution in [3.8, 4) is 23.0 Å². The molecule has 0 spiro atoms. The van der Waals surface area contributed by atoms with E-state index in [1.165, 1.54) is 6.20 Å². The van der Waals surface area contributed by atoms with Gasteiger partial charge in [0.1, 0.15) is 11.3 Å². The third-order valence-electron chi connectivity index (χ3n) is 6.97. The average Bonchev–Trinajstić information content (AvgIpc) is 3.50. The minimum atomic E-state index is -0.292. The number of ether oxygens (including phenoxy) is 1. The predicted octanol–water partition coefficient (Wildman–Crippen LogP) is 4.89. The maximum atomic E-state index is 13.3. The molecule has 198 valence electrons. The number of pyridine rings is 1. The molecule has 1 saturated carbocycles. The van der Waals surface area contributed by atoms with Crippen molar-refractivity contribution in [2.45, 2.75) is 45.4 Å². The van der Waals surface area contributed by atoms with Gasteiger partial charge in [-0.2, -0.15) is 0 Å². The molecule has 38 heavy (non-hydrogen) atoms. The van der Waals surface area contributed by atoms with Crippen LogP contribution in [0.25, 0.3) is 17.1 Å². The Balaban J connectivity index is 1.33. The van der Waals surface area contributed by atoms with Gasteiger partial charge in [-0.25, -0.2) is 9.67 Å². The lowest BCUT2D eigenvalue weighted by Crippen LogP contribution is -2.30. The van der Waals surface area contributed by atoms with E-state index < -0.39 is 0 Å². The van der Waals surface area contributed by atoms with Gasteiger partial charge in [0.25, 0.3) is 11.4 Å². The second kappa shape index (κ2) is 10.8. The largest absolute Gasteiger partial charge is 0.477 e. The van der Waals surface area contributed by atoms with E-state index in [2.05, 4.69) is 20.5 Å². The molecule has 0 radical (unpaired) electrons. The summed E-state index contributed by atoms with van der Waals surface area (Å²) in [6.45, 7) is 4.11. The van der Waals surface area contributed by atoms with Crippen LogP contribution in [0.1, 0.15) is 50.1 Å². The van der Waals surface area contributed by atoms with Crippen LogP contribution in [-0.4, -0.2) is 37.1 Å².